The van der Waals surface area contributed by atoms with Crippen LogP contribution in [0.5, 0.6) is 0 Å². The highest BCUT2D eigenvalue weighted by molar-refractivity contribution is 5.32. The Morgan fingerprint density at radius 2 is 0.893 bits per heavy atom. The molecule has 0 aliphatic rings. The second-order valence-corrected chi connectivity index (χ2v) is 5.71. The molecule has 0 heterocycles. The van der Waals surface area contributed by atoms with E-state index in [1.165, 1.54) is 35.1 Å². The van der Waals surface area contributed by atoms with Gasteiger partial charge in [0.2, 0.25) is 0 Å². The molecule has 0 fully saturated rings. The van der Waals surface area contributed by atoms with Crippen molar-refractivity contribution in [1.82, 2.24) is 0 Å². The molecule has 1 atom stereocenters. The summed E-state index contributed by atoms with van der Waals surface area (Å²) in [6, 6.07) is 0. The molecular formula is C28H64. The molecule has 0 saturated carbocycles. The highest BCUT2D eigenvalue weighted by Crippen LogP contribution is 2.19. The van der Waals surface area contributed by atoms with E-state index in [4.69, 9.17) is 0 Å². The van der Waals surface area contributed by atoms with Crippen molar-refractivity contribution in [2.45, 2.75) is 144 Å². The maximum atomic E-state index is 2.34. The van der Waals surface area contributed by atoms with Crippen LogP contribution >= 0.6 is 0 Å². The van der Waals surface area contributed by atoms with Crippen LogP contribution in [0, 0.1) is 5.92 Å². The molecule has 1 unspecified atom stereocenters. The first-order valence-corrected chi connectivity index (χ1v) is 12.2. The van der Waals surface area contributed by atoms with E-state index in [-0.39, 0.29) is 0 Å². The predicted molar refractivity (Wildman–Crippen MR) is 144 cm³/mol. The summed E-state index contributed by atoms with van der Waals surface area (Å²) in [6.07, 6.45) is 7.03. The van der Waals surface area contributed by atoms with Crippen LogP contribution in [0.2, 0.25) is 0 Å². The van der Waals surface area contributed by atoms with Crippen molar-refractivity contribution in [2.24, 2.45) is 5.92 Å². The van der Waals surface area contributed by atoms with Gasteiger partial charge in [-0.2, -0.15) is 0 Å². The normalized spacial score (nSPS) is 9.82. The minimum absolute atomic E-state index is 0.550. The zero-order chi connectivity index (χ0) is 24.7. The van der Waals surface area contributed by atoms with E-state index in [2.05, 4.69) is 88.3 Å². The Morgan fingerprint density at radius 1 is 0.643 bits per heavy atom. The van der Waals surface area contributed by atoms with E-state index in [0.29, 0.717) is 5.92 Å². The van der Waals surface area contributed by atoms with Gasteiger partial charge in [-0.05, 0) is 53.0 Å². The van der Waals surface area contributed by atoms with Gasteiger partial charge in [-0.15, -0.1) is 0 Å². The van der Waals surface area contributed by atoms with Crippen LogP contribution in [0.1, 0.15) is 144 Å². The average Bonchev–Trinajstić information content (AvgIpc) is 2.73. The van der Waals surface area contributed by atoms with E-state index in [0.717, 1.165) is 0 Å². The first-order valence-electron chi connectivity index (χ1n) is 12.2. The van der Waals surface area contributed by atoms with Crippen LogP contribution in [-0.2, 0) is 0 Å². The molecule has 0 nitrogen and oxygen atoms in total. The lowest BCUT2D eigenvalue weighted by atomic mass is 9.96. The van der Waals surface area contributed by atoms with Crippen molar-refractivity contribution in [3.63, 3.8) is 0 Å². The third-order valence-electron chi connectivity index (χ3n) is 3.02. The lowest BCUT2D eigenvalue weighted by molar-refractivity contribution is 0.849. The second kappa shape index (κ2) is 50.2. The highest BCUT2D eigenvalue weighted by Gasteiger charge is 2.02. The standard InChI is InChI=1S/C14H24.2C3H8.4C2H6/c1-8-11(4)12(5)9-13(6)14(7)10(2)3;2*1-3-2;4*1-2/h8-9,12H,1-7H3;2*3H2,1-2H3;4*1-2H3/b11-8-,13-9-;;;;;;. The summed E-state index contributed by atoms with van der Waals surface area (Å²) in [5, 5.41) is 0. The molecule has 0 aliphatic heterocycles. The van der Waals surface area contributed by atoms with Gasteiger partial charge in [0, 0.05) is 0 Å². The summed E-state index contributed by atoms with van der Waals surface area (Å²) in [7, 11) is 0. The smallest absolute Gasteiger partial charge is 0.00487 e. The van der Waals surface area contributed by atoms with Crippen LogP contribution < -0.4 is 0 Å². The minimum atomic E-state index is 0.550. The second-order valence-electron chi connectivity index (χ2n) is 5.71. The Morgan fingerprint density at radius 3 is 1.07 bits per heavy atom. The molecule has 0 heteroatoms. The fourth-order valence-corrected chi connectivity index (χ4v) is 1.29. The zero-order valence-corrected chi connectivity index (χ0v) is 24.1. The maximum absolute atomic E-state index is 2.34. The summed E-state index contributed by atoms with van der Waals surface area (Å²) in [5.41, 5.74) is 5.66. The van der Waals surface area contributed by atoms with Crippen molar-refractivity contribution in [3.05, 3.63) is 34.4 Å². The Kier molecular flexibility index (Phi) is 82.1. The summed E-state index contributed by atoms with van der Waals surface area (Å²) in [4.78, 5) is 0. The third kappa shape index (κ3) is 49.9. The fourth-order valence-electron chi connectivity index (χ4n) is 1.29. The van der Waals surface area contributed by atoms with Crippen LogP contribution in [-0.4, -0.2) is 0 Å². The van der Waals surface area contributed by atoms with E-state index < -0.39 is 0 Å². The topological polar surface area (TPSA) is 0 Å². The maximum Gasteiger partial charge on any atom is -0.00487 e. The van der Waals surface area contributed by atoms with Gasteiger partial charge in [0.15, 0.2) is 0 Å². The van der Waals surface area contributed by atoms with Gasteiger partial charge in [0.25, 0.3) is 0 Å². The fraction of sp³-hybridized carbons (Fsp3) is 0.786. The lowest BCUT2D eigenvalue weighted by Crippen LogP contribution is -1.94. The summed E-state index contributed by atoms with van der Waals surface area (Å²) in [6.45, 7) is 39.8. The Labute approximate surface area is 185 Å². The zero-order valence-electron chi connectivity index (χ0n) is 24.1. The SMILES string of the molecule is C/C=C(/C)C(C)/C=C(/C)C(C)=C(C)C.CC.CC.CC.CC.CCC.CCC. The van der Waals surface area contributed by atoms with Gasteiger partial charge in [-0.25, -0.2) is 0 Å². The molecule has 0 aromatic carbocycles. The van der Waals surface area contributed by atoms with Crippen molar-refractivity contribution in [2.75, 3.05) is 0 Å². The predicted octanol–water partition coefficient (Wildman–Crippen LogP) is 11.8. The molecule has 0 aromatic rings. The Bertz CT molecular complexity index is 294. The molecule has 0 aliphatic carbocycles. The van der Waals surface area contributed by atoms with E-state index in [1.54, 1.807) is 0 Å². The number of hydrogen-bond acceptors (Lipinski definition) is 0. The van der Waals surface area contributed by atoms with Gasteiger partial charge in [-0.1, -0.05) is 132 Å². The molecule has 0 radical (unpaired) electrons. The molecule has 0 aromatic heterocycles. The quantitative estimate of drug-likeness (QED) is 0.326. The van der Waals surface area contributed by atoms with Gasteiger partial charge >= 0.3 is 0 Å². The largest absolute Gasteiger partial charge is 0.0882 e. The Balaban J connectivity index is -0.0000000522. The van der Waals surface area contributed by atoms with Crippen LogP contribution in [0.25, 0.3) is 0 Å². The van der Waals surface area contributed by atoms with Crippen LogP contribution in [0.4, 0.5) is 0 Å². The van der Waals surface area contributed by atoms with Gasteiger partial charge in [0.05, 0.1) is 0 Å². The van der Waals surface area contributed by atoms with E-state index >= 15 is 0 Å². The molecule has 0 spiro atoms. The van der Waals surface area contributed by atoms with Crippen molar-refractivity contribution >= 4 is 0 Å². The molecule has 0 saturated heterocycles. The van der Waals surface area contributed by atoms with E-state index in [1.807, 2.05) is 55.4 Å². The van der Waals surface area contributed by atoms with Crippen molar-refractivity contribution in [1.29, 1.82) is 0 Å². The number of allylic oxidation sites excluding steroid dienone is 6. The van der Waals surface area contributed by atoms with Crippen molar-refractivity contribution < 1.29 is 0 Å². The third-order valence-corrected chi connectivity index (χ3v) is 3.02. The first kappa shape index (κ1) is 45.8. The molecule has 176 valence electrons. The van der Waals surface area contributed by atoms with Gasteiger partial charge in [0.1, 0.15) is 0 Å². The molecule has 0 rings (SSSR count). The van der Waals surface area contributed by atoms with Crippen LogP contribution in [0.3, 0.4) is 0 Å². The molecule has 0 bridgehead atoms. The van der Waals surface area contributed by atoms with Gasteiger partial charge < -0.3 is 0 Å². The first-order chi connectivity index (χ1) is 13.2. The Hall–Kier alpha value is -0.780. The lowest BCUT2D eigenvalue weighted by Gasteiger charge is -2.10. The molecule has 0 N–H and O–H groups in total. The molecule has 0 amide bonds. The average molecular weight is 401 g/mol. The summed E-state index contributed by atoms with van der Waals surface area (Å²) < 4.78 is 0. The molecular weight excluding hydrogens is 336 g/mol. The van der Waals surface area contributed by atoms with E-state index in [9.17, 15) is 0 Å². The minimum Gasteiger partial charge on any atom is -0.0882 e. The van der Waals surface area contributed by atoms with Gasteiger partial charge in [-0.3, -0.25) is 0 Å². The summed E-state index contributed by atoms with van der Waals surface area (Å²) >= 11 is 0. The summed E-state index contributed by atoms with van der Waals surface area (Å²) in [5.74, 6) is 0.550. The monoisotopic (exact) mass is 401 g/mol. The number of hydrogen-bond donors (Lipinski definition) is 0. The van der Waals surface area contributed by atoms with Crippen LogP contribution in [0.15, 0.2) is 34.4 Å². The number of rotatable bonds is 3. The molecule has 28 heavy (non-hydrogen) atoms. The van der Waals surface area contributed by atoms with Crippen molar-refractivity contribution in [3.8, 4) is 0 Å². The highest BCUT2D eigenvalue weighted by atomic mass is 14.1.